The first-order valence-corrected chi connectivity index (χ1v) is 8.23. The first-order valence-electron chi connectivity index (χ1n) is 8.23. The number of rotatable bonds is 5. The molecule has 2 aliphatic heterocycles. The molecule has 6 heteroatoms. The van der Waals surface area contributed by atoms with E-state index >= 15 is 0 Å². The van der Waals surface area contributed by atoms with Crippen molar-refractivity contribution in [1.29, 1.82) is 0 Å². The van der Waals surface area contributed by atoms with Crippen LogP contribution in [-0.4, -0.2) is 47.0 Å². The van der Waals surface area contributed by atoms with Crippen molar-refractivity contribution >= 4 is 11.8 Å². The lowest BCUT2D eigenvalue weighted by molar-refractivity contribution is -0.129. The maximum Gasteiger partial charge on any atom is 0.225 e. The fourth-order valence-corrected chi connectivity index (χ4v) is 3.22. The Morgan fingerprint density at radius 3 is 3.09 bits per heavy atom. The summed E-state index contributed by atoms with van der Waals surface area (Å²) < 4.78 is 5.60. The predicted octanol–water partition coefficient (Wildman–Crippen LogP) is 1.11. The molecule has 0 unspecified atom stereocenters. The Bertz CT molecular complexity index is 557. The second-order valence-corrected chi connectivity index (χ2v) is 6.35. The number of likely N-dealkylation sites (tertiary alicyclic amines) is 1. The van der Waals surface area contributed by atoms with Gasteiger partial charge in [0, 0.05) is 25.8 Å². The minimum absolute atomic E-state index is 0.00931. The molecular formula is C17H23N3O3. The van der Waals surface area contributed by atoms with Crippen molar-refractivity contribution in [3.05, 3.63) is 30.1 Å². The highest BCUT2D eigenvalue weighted by Crippen LogP contribution is 2.21. The van der Waals surface area contributed by atoms with Gasteiger partial charge in [0.05, 0.1) is 30.3 Å². The standard InChI is InChI=1S/C17H23N3O3/c1-12(15-6-4-8-23-15)19-17(22)13-9-16(21)20(10-13)11-14-5-2-3-7-18-14/h2-3,5,7,12-13,15H,4,6,8-11H2,1H3,(H,19,22)/t12-,13+,15+/m0/s1. The van der Waals surface area contributed by atoms with Crippen LogP contribution in [0.4, 0.5) is 0 Å². The Kier molecular flexibility index (Phi) is 4.91. The van der Waals surface area contributed by atoms with E-state index in [0.29, 0.717) is 13.1 Å². The van der Waals surface area contributed by atoms with Gasteiger partial charge < -0.3 is 15.0 Å². The molecule has 0 saturated carbocycles. The lowest BCUT2D eigenvalue weighted by Crippen LogP contribution is -2.44. The van der Waals surface area contributed by atoms with Gasteiger partial charge in [-0.2, -0.15) is 0 Å². The maximum atomic E-state index is 12.4. The quantitative estimate of drug-likeness (QED) is 0.883. The van der Waals surface area contributed by atoms with Crippen LogP contribution in [0.2, 0.25) is 0 Å². The minimum Gasteiger partial charge on any atom is -0.376 e. The summed E-state index contributed by atoms with van der Waals surface area (Å²) in [5, 5.41) is 3.01. The maximum absolute atomic E-state index is 12.4. The normalized spacial score (nSPS) is 25.6. The zero-order valence-corrected chi connectivity index (χ0v) is 13.4. The summed E-state index contributed by atoms with van der Waals surface area (Å²) in [5.41, 5.74) is 0.842. The van der Waals surface area contributed by atoms with Gasteiger partial charge in [-0.3, -0.25) is 14.6 Å². The van der Waals surface area contributed by atoms with E-state index in [-0.39, 0.29) is 36.3 Å². The summed E-state index contributed by atoms with van der Waals surface area (Å²) in [6.07, 6.45) is 4.11. The fourth-order valence-electron chi connectivity index (χ4n) is 3.22. The number of aromatic nitrogens is 1. The van der Waals surface area contributed by atoms with E-state index < -0.39 is 0 Å². The molecule has 6 nitrogen and oxygen atoms in total. The lowest BCUT2D eigenvalue weighted by atomic mass is 10.1. The molecule has 0 aliphatic carbocycles. The SMILES string of the molecule is C[C@H](NC(=O)[C@@H]1CC(=O)N(Cc2ccccn2)C1)[C@H]1CCCO1. The number of hydrogen-bond donors (Lipinski definition) is 1. The molecule has 3 rings (SSSR count). The zero-order valence-electron chi connectivity index (χ0n) is 13.4. The van der Waals surface area contributed by atoms with Gasteiger partial charge in [-0.25, -0.2) is 0 Å². The van der Waals surface area contributed by atoms with Gasteiger partial charge in [0.15, 0.2) is 0 Å². The van der Waals surface area contributed by atoms with Crippen LogP contribution in [0.15, 0.2) is 24.4 Å². The van der Waals surface area contributed by atoms with Crippen LogP contribution in [0.5, 0.6) is 0 Å². The highest BCUT2D eigenvalue weighted by molar-refractivity contribution is 5.89. The lowest BCUT2D eigenvalue weighted by Gasteiger charge is -2.22. The Morgan fingerprint density at radius 1 is 1.52 bits per heavy atom. The highest BCUT2D eigenvalue weighted by atomic mass is 16.5. The number of hydrogen-bond acceptors (Lipinski definition) is 4. The predicted molar refractivity (Wildman–Crippen MR) is 84.3 cm³/mol. The molecule has 3 atom stereocenters. The molecule has 2 amide bonds. The van der Waals surface area contributed by atoms with Crippen LogP contribution >= 0.6 is 0 Å². The first-order chi connectivity index (χ1) is 11.1. The third-order valence-corrected chi connectivity index (χ3v) is 4.56. The molecule has 1 aromatic rings. The molecule has 1 aromatic heterocycles. The van der Waals surface area contributed by atoms with Crippen LogP contribution in [-0.2, 0) is 20.9 Å². The van der Waals surface area contributed by atoms with Crippen LogP contribution < -0.4 is 5.32 Å². The molecule has 2 saturated heterocycles. The van der Waals surface area contributed by atoms with Crippen LogP contribution in [0, 0.1) is 5.92 Å². The van der Waals surface area contributed by atoms with Crippen molar-refractivity contribution in [3.8, 4) is 0 Å². The third-order valence-electron chi connectivity index (χ3n) is 4.56. The van der Waals surface area contributed by atoms with Crippen molar-refractivity contribution in [3.63, 3.8) is 0 Å². The van der Waals surface area contributed by atoms with Gasteiger partial charge in [0.2, 0.25) is 11.8 Å². The number of amides is 2. The molecule has 2 aliphatic rings. The largest absolute Gasteiger partial charge is 0.376 e. The molecule has 0 aromatic carbocycles. The molecule has 0 spiro atoms. The smallest absolute Gasteiger partial charge is 0.225 e. The fraction of sp³-hybridized carbons (Fsp3) is 0.588. The van der Waals surface area contributed by atoms with Crippen molar-refractivity contribution in [2.45, 2.75) is 44.9 Å². The third kappa shape index (κ3) is 3.88. The van der Waals surface area contributed by atoms with E-state index in [1.165, 1.54) is 0 Å². The van der Waals surface area contributed by atoms with E-state index in [9.17, 15) is 9.59 Å². The number of pyridine rings is 1. The zero-order chi connectivity index (χ0) is 16.2. The van der Waals surface area contributed by atoms with Gasteiger partial charge >= 0.3 is 0 Å². The van der Waals surface area contributed by atoms with Gasteiger partial charge in [0.1, 0.15) is 0 Å². The molecular weight excluding hydrogens is 294 g/mol. The van der Waals surface area contributed by atoms with E-state index in [0.717, 1.165) is 25.1 Å². The van der Waals surface area contributed by atoms with Crippen LogP contribution in [0.3, 0.4) is 0 Å². The van der Waals surface area contributed by atoms with Crippen molar-refractivity contribution < 1.29 is 14.3 Å². The van der Waals surface area contributed by atoms with E-state index in [1.54, 1.807) is 11.1 Å². The van der Waals surface area contributed by atoms with Crippen molar-refractivity contribution in [2.24, 2.45) is 5.92 Å². The summed E-state index contributed by atoms with van der Waals surface area (Å²) in [6, 6.07) is 5.62. The average molecular weight is 317 g/mol. The van der Waals surface area contributed by atoms with Gasteiger partial charge in [-0.15, -0.1) is 0 Å². The van der Waals surface area contributed by atoms with Crippen molar-refractivity contribution in [2.75, 3.05) is 13.2 Å². The average Bonchev–Trinajstić information content (AvgIpc) is 3.19. The van der Waals surface area contributed by atoms with E-state index in [2.05, 4.69) is 10.3 Å². The molecule has 2 fully saturated rings. The topological polar surface area (TPSA) is 71.5 Å². The van der Waals surface area contributed by atoms with Gasteiger partial charge in [0.25, 0.3) is 0 Å². The first kappa shape index (κ1) is 15.9. The number of ether oxygens (including phenoxy) is 1. The molecule has 124 valence electrons. The summed E-state index contributed by atoms with van der Waals surface area (Å²) in [5.74, 6) is -0.319. The van der Waals surface area contributed by atoms with Crippen LogP contribution in [0.25, 0.3) is 0 Å². The second-order valence-electron chi connectivity index (χ2n) is 6.35. The Labute approximate surface area is 136 Å². The Hall–Kier alpha value is -1.95. The number of carbonyl (C=O) groups excluding carboxylic acids is 2. The highest BCUT2D eigenvalue weighted by Gasteiger charge is 2.35. The van der Waals surface area contributed by atoms with Crippen molar-refractivity contribution in [1.82, 2.24) is 15.2 Å². The summed E-state index contributed by atoms with van der Waals surface area (Å²) in [6.45, 7) is 3.66. The van der Waals surface area contributed by atoms with Gasteiger partial charge in [-0.1, -0.05) is 6.07 Å². The van der Waals surface area contributed by atoms with Gasteiger partial charge in [-0.05, 0) is 31.9 Å². The molecule has 1 N–H and O–H groups in total. The second kappa shape index (κ2) is 7.08. The monoisotopic (exact) mass is 317 g/mol. The van der Waals surface area contributed by atoms with E-state index in [4.69, 9.17) is 4.74 Å². The summed E-state index contributed by atoms with van der Waals surface area (Å²) in [7, 11) is 0. The molecule has 23 heavy (non-hydrogen) atoms. The minimum atomic E-state index is -0.282. The molecule has 0 bridgehead atoms. The number of nitrogens with zero attached hydrogens (tertiary/aromatic N) is 2. The molecule has 3 heterocycles. The Balaban J connectivity index is 1.53. The van der Waals surface area contributed by atoms with E-state index in [1.807, 2.05) is 25.1 Å². The number of nitrogens with one attached hydrogen (secondary N) is 1. The number of carbonyl (C=O) groups is 2. The summed E-state index contributed by atoms with van der Waals surface area (Å²) >= 11 is 0. The Morgan fingerprint density at radius 2 is 2.39 bits per heavy atom. The summed E-state index contributed by atoms with van der Waals surface area (Å²) in [4.78, 5) is 30.5. The van der Waals surface area contributed by atoms with Crippen LogP contribution in [0.1, 0.15) is 31.9 Å². The molecule has 0 radical (unpaired) electrons.